The van der Waals surface area contributed by atoms with Gasteiger partial charge in [0.25, 0.3) is 5.56 Å². The molecule has 0 radical (unpaired) electrons. The van der Waals surface area contributed by atoms with Crippen LogP contribution in [-0.4, -0.2) is 21.8 Å². The molecule has 2 heterocycles. The van der Waals surface area contributed by atoms with Gasteiger partial charge in [-0.15, -0.1) is 0 Å². The third-order valence-corrected chi connectivity index (χ3v) is 2.96. The largest absolute Gasteiger partial charge is 0.377 e. The van der Waals surface area contributed by atoms with Crippen molar-refractivity contribution in [2.24, 2.45) is 0 Å². The Bertz CT molecular complexity index is 606. The number of ether oxygens (including phenoxy) is 1. The summed E-state index contributed by atoms with van der Waals surface area (Å²) in [6.07, 6.45) is 1.49. The smallest absolute Gasteiger partial charge is 0.268 e. The van der Waals surface area contributed by atoms with E-state index in [0.717, 1.165) is 0 Å². The van der Waals surface area contributed by atoms with Crippen LogP contribution in [0.5, 0.6) is 0 Å². The highest BCUT2D eigenvalue weighted by molar-refractivity contribution is 9.10. The van der Waals surface area contributed by atoms with Crippen LogP contribution in [0.4, 0.5) is 0 Å². The van der Waals surface area contributed by atoms with E-state index in [4.69, 9.17) is 9.26 Å². The highest BCUT2D eigenvalue weighted by Crippen LogP contribution is 2.08. The fourth-order valence-corrected chi connectivity index (χ4v) is 1.86. The fourth-order valence-electron chi connectivity index (χ4n) is 1.54. The molecule has 6 nitrogen and oxygen atoms in total. The molecule has 0 unspecified atom stereocenters. The van der Waals surface area contributed by atoms with E-state index in [2.05, 4.69) is 26.1 Å². The van der Waals surface area contributed by atoms with Gasteiger partial charge in [0.2, 0.25) is 0 Å². The summed E-state index contributed by atoms with van der Waals surface area (Å²) in [5.74, 6) is 1.25. The summed E-state index contributed by atoms with van der Waals surface area (Å²) >= 11 is 3.16. The van der Waals surface area contributed by atoms with Gasteiger partial charge >= 0.3 is 0 Å². The molecule has 7 heteroatoms. The van der Waals surface area contributed by atoms with Crippen LogP contribution in [0, 0.1) is 6.92 Å². The van der Waals surface area contributed by atoms with Gasteiger partial charge in [0.15, 0.2) is 5.76 Å². The number of rotatable bonds is 4. The van der Waals surface area contributed by atoms with Crippen molar-refractivity contribution in [1.82, 2.24) is 14.7 Å². The van der Waals surface area contributed by atoms with Gasteiger partial charge in [-0.1, -0.05) is 5.16 Å². The first-order valence-electron chi connectivity index (χ1n) is 5.27. The average molecular weight is 314 g/mol. The number of aromatic nitrogens is 3. The van der Waals surface area contributed by atoms with Gasteiger partial charge < -0.3 is 9.26 Å². The van der Waals surface area contributed by atoms with E-state index in [-0.39, 0.29) is 5.56 Å². The Morgan fingerprint density at radius 2 is 2.33 bits per heavy atom. The third kappa shape index (κ3) is 2.68. The minimum absolute atomic E-state index is 0.140. The molecule has 0 aliphatic carbocycles. The van der Waals surface area contributed by atoms with E-state index < -0.39 is 0 Å². The summed E-state index contributed by atoms with van der Waals surface area (Å²) in [6.45, 7) is 2.45. The van der Waals surface area contributed by atoms with Gasteiger partial charge in [-0.25, -0.2) is 4.98 Å². The van der Waals surface area contributed by atoms with Crippen LogP contribution in [0.3, 0.4) is 0 Å². The maximum Gasteiger partial charge on any atom is 0.268 e. The second-order valence-electron chi connectivity index (χ2n) is 3.76. The summed E-state index contributed by atoms with van der Waals surface area (Å²) < 4.78 is 12.0. The molecule has 0 saturated heterocycles. The zero-order chi connectivity index (χ0) is 13.1. The lowest BCUT2D eigenvalue weighted by Gasteiger charge is -2.06. The maximum absolute atomic E-state index is 11.9. The van der Waals surface area contributed by atoms with Gasteiger partial charge in [-0.05, 0) is 22.9 Å². The second kappa shape index (κ2) is 5.45. The Morgan fingerprint density at radius 1 is 1.56 bits per heavy atom. The molecular weight excluding hydrogens is 302 g/mol. The Balaban J connectivity index is 2.28. The van der Waals surface area contributed by atoms with E-state index in [9.17, 15) is 4.79 Å². The van der Waals surface area contributed by atoms with Crippen molar-refractivity contribution >= 4 is 15.9 Å². The molecule has 2 aromatic rings. The molecule has 0 aromatic carbocycles. The summed E-state index contributed by atoms with van der Waals surface area (Å²) in [7, 11) is 1.58. The van der Waals surface area contributed by atoms with Crippen LogP contribution in [0.25, 0.3) is 0 Å². The van der Waals surface area contributed by atoms with E-state index in [1.807, 2.05) is 0 Å². The van der Waals surface area contributed by atoms with Gasteiger partial charge in [0.1, 0.15) is 22.6 Å². The van der Waals surface area contributed by atoms with Crippen LogP contribution in [0.1, 0.15) is 17.3 Å². The molecule has 96 valence electrons. The SMILES string of the molecule is COCc1cc(Cn2c(C)ncc(Br)c2=O)no1. The number of halogens is 1. The molecule has 0 aliphatic rings. The molecule has 0 spiro atoms. The predicted octanol–water partition coefficient (Wildman–Crippen LogP) is 1.50. The summed E-state index contributed by atoms with van der Waals surface area (Å²) in [6, 6.07) is 1.76. The molecule has 0 aliphatic heterocycles. The molecular formula is C11H12BrN3O3. The predicted molar refractivity (Wildman–Crippen MR) is 67.3 cm³/mol. The maximum atomic E-state index is 11.9. The lowest BCUT2D eigenvalue weighted by atomic mass is 10.3. The van der Waals surface area contributed by atoms with Crippen LogP contribution in [0.2, 0.25) is 0 Å². The number of hydrogen-bond donors (Lipinski definition) is 0. The minimum Gasteiger partial charge on any atom is -0.377 e. The van der Waals surface area contributed by atoms with Crippen molar-refractivity contribution in [3.8, 4) is 0 Å². The molecule has 0 amide bonds. The van der Waals surface area contributed by atoms with E-state index in [1.54, 1.807) is 20.1 Å². The van der Waals surface area contributed by atoms with Crippen molar-refractivity contribution in [3.05, 3.63) is 44.4 Å². The zero-order valence-electron chi connectivity index (χ0n) is 10.0. The van der Waals surface area contributed by atoms with Gasteiger partial charge in [0.05, 0.1) is 6.54 Å². The molecule has 18 heavy (non-hydrogen) atoms. The number of hydrogen-bond acceptors (Lipinski definition) is 5. The lowest BCUT2D eigenvalue weighted by Crippen LogP contribution is -2.24. The molecule has 0 N–H and O–H groups in total. The average Bonchev–Trinajstić information content (AvgIpc) is 2.78. The summed E-state index contributed by atoms with van der Waals surface area (Å²) in [5.41, 5.74) is 0.519. The Hall–Kier alpha value is -1.47. The number of methoxy groups -OCH3 is 1. The van der Waals surface area contributed by atoms with Crippen molar-refractivity contribution in [2.45, 2.75) is 20.1 Å². The zero-order valence-corrected chi connectivity index (χ0v) is 11.6. The summed E-state index contributed by atoms with van der Waals surface area (Å²) in [5, 5.41) is 3.88. The Kier molecular flexibility index (Phi) is 3.93. The Morgan fingerprint density at radius 3 is 3.06 bits per heavy atom. The number of aryl methyl sites for hydroxylation is 1. The lowest BCUT2D eigenvalue weighted by molar-refractivity contribution is 0.155. The highest BCUT2D eigenvalue weighted by atomic mass is 79.9. The fraction of sp³-hybridized carbons (Fsp3) is 0.364. The molecule has 0 saturated carbocycles. The van der Waals surface area contributed by atoms with E-state index >= 15 is 0 Å². The molecule has 0 fully saturated rings. The minimum atomic E-state index is -0.140. The standard InChI is InChI=1S/C11H12BrN3O3/c1-7-13-4-10(12)11(16)15(7)5-8-3-9(6-17-2)18-14-8/h3-4H,5-6H2,1-2H3. The molecule has 2 rings (SSSR count). The molecule has 2 aromatic heterocycles. The van der Waals surface area contributed by atoms with Crippen molar-refractivity contribution in [3.63, 3.8) is 0 Å². The van der Waals surface area contributed by atoms with E-state index in [0.29, 0.717) is 34.9 Å². The first kappa shape index (κ1) is 13.0. The van der Waals surface area contributed by atoms with E-state index in [1.165, 1.54) is 10.8 Å². The van der Waals surface area contributed by atoms with Crippen molar-refractivity contribution < 1.29 is 9.26 Å². The first-order chi connectivity index (χ1) is 8.61. The highest BCUT2D eigenvalue weighted by Gasteiger charge is 2.09. The monoisotopic (exact) mass is 313 g/mol. The molecule has 0 atom stereocenters. The van der Waals surface area contributed by atoms with Gasteiger partial charge in [-0.3, -0.25) is 9.36 Å². The quantitative estimate of drug-likeness (QED) is 0.855. The van der Waals surface area contributed by atoms with Crippen LogP contribution >= 0.6 is 15.9 Å². The van der Waals surface area contributed by atoms with Gasteiger partial charge in [0, 0.05) is 19.4 Å². The second-order valence-corrected chi connectivity index (χ2v) is 4.62. The first-order valence-corrected chi connectivity index (χ1v) is 6.06. The topological polar surface area (TPSA) is 70.2 Å². The van der Waals surface area contributed by atoms with Gasteiger partial charge in [-0.2, -0.15) is 0 Å². The van der Waals surface area contributed by atoms with Crippen LogP contribution in [-0.2, 0) is 17.9 Å². The normalized spacial score (nSPS) is 10.8. The summed E-state index contributed by atoms with van der Waals surface area (Å²) in [4.78, 5) is 16.0. The van der Waals surface area contributed by atoms with Crippen molar-refractivity contribution in [2.75, 3.05) is 7.11 Å². The molecule has 0 bridgehead atoms. The third-order valence-electron chi connectivity index (χ3n) is 2.42. The van der Waals surface area contributed by atoms with Crippen LogP contribution in [0.15, 0.2) is 26.1 Å². The van der Waals surface area contributed by atoms with Crippen molar-refractivity contribution in [1.29, 1.82) is 0 Å². The number of nitrogens with zero attached hydrogens (tertiary/aromatic N) is 3. The Labute approximate surface area is 112 Å². The van der Waals surface area contributed by atoms with Crippen LogP contribution < -0.4 is 5.56 Å².